The van der Waals surface area contributed by atoms with Gasteiger partial charge in [-0.05, 0) is 19.1 Å². The van der Waals surface area contributed by atoms with Gasteiger partial charge in [-0.1, -0.05) is 11.2 Å². The summed E-state index contributed by atoms with van der Waals surface area (Å²) in [6, 6.07) is 7.00. The van der Waals surface area contributed by atoms with Crippen molar-refractivity contribution >= 4 is 5.69 Å². The molecule has 2 rings (SSSR count). The molecule has 0 aliphatic carbocycles. The molecule has 3 N–H and O–H groups in total. The lowest BCUT2D eigenvalue weighted by molar-refractivity contribution is 0.141. The summed E-state index contributed by atoms with van der Waals surface area (Å²) in [6.07, 6.45) is 1.38. The Morgan fingerprint density at radius 1 is 1.33 bits per heavy atom. The molecule has 0 spiro atoms. The van der Waals surface area contributed by atoms with Crippen LogP contribution in [-0.4, -0.2) is 21.8 Å². The van der Waals surface area contributed by atoms with Crippen LogP contribution in [0.5, 0.6) is 11.6 Å². The third kappa shape index (κ3) is 2.65. The quantitative estimate of drug-likeness (QED) is 0.622. The molecule has 18 heavy (non-hydrogen) atoms. The first-order chi connectivity index (χ1) is 8.70. The lowest BCUT2D eigenvalue weighted by Crippen LogP contribution is -2.05. The third-order valence-electron chi connectivity index (χ3n) is 2.38. The van der Waals surface area contributed by atoms with E-state index in [1.165, 1.54) is 6.20 Å². The molecule has 0 saturated heterocycles. The van der Waals surface area contributed by atoms with E-state index in [4.69, 9.17) is 20.4 Å². The first-order valence-corrected chi connectivity index (χ1v) is 5.58. The molecule has 6 heteroatoms. The largest absolute Gasteiger partial charge is 0.493 e. The Morgan fingerprint density at radius 3 is 2.83 bits per heavy atom. The highest BCUT2D eigenvalue weighted by atomic mass is 16.5. The summed E-state index contributed by atoms with van der Waals surface area (Å²) in [5.74, 6) is 1.02. The fourth-order valence-corrected chi connectivity index (χ4v) is 1.55. The number of hydrogen-bond donors (Lipinski definition) is 2. The number of rotatable bonds is 5. The summed E-state index contributed by atoms with van der Waals surface area (Å²) < 4.78 is 10.9. The minimum absolute atomic E-state index is 0.235. The molecule has 6 nitrogen and oxygen atoms in total. The highest BCUT2D eigenvalue weighted by Crippen LogP contribution is 2.25. The predicted octanol–water partition coefficient (Wildman–Crippen LogP) is 1.68. The van der Waals surface area contributed by atoms with Gasteiger partial charge in [0.2, 0.25) is 5.88 Å². The zero-order valence-electron chi connectivity index (χ0n) is 10.0. The topological polar surface area (TPSA) is 82.5 Å². The van der Waals surface area contributed by atoms with Gasteiger partial charge in [-0.3, -0.25) is 0 Å². The van der Waals surface area contributed by atoms with Crippen LogP contribution in [0.4, 0.5) is 5.69 Å². The number of anilines is 1. The standard InChI is InChI=1S/C12H15N3O3/c1-2-17-11-5-3-4-10(13)9(11)8-18-12-6-7-15(16)14-12/h3-7,16H,2,8,13H2,1H3. The van der Waals surface area contributed by atoms with E-state index in [0.29, 0.717) is 28.8 Å². The maximum absolute atomic E-state index is 9.02. The SMILES string of the molecule is CCOc1cccc(N)c1COc1ccn(O)n1. The average molecular weight is 249 g/mol. The maximum atomic E-state index is 9.02. The number of benzene rings is 1. The monoisotopic (exact) mass is 249 g/mol. The number of nitrogens with zero attached hydrogens (tertiary/aromatic N) is 2. The van der Waals surface area contributed by atoms with Gasteiger partial charge in [-0.2, -0.15) is 0 Å². The molecule has 0 radical (unpaired) electrons. The van der Waals surface area contributed by atoms with E-state index in [0.717, 1.165) is 5.56 Å². The normalized spacial score (nSPS) is 10.3. The summed E-state index contributed by atoms with van der Waals surface area (Å²) in [5, 5.41) is 12.7. The van der Waals surface area contributed by atoms with Gasteiger partial charge in [0.1, 0.15) is 12.4 Å². The van der Waals surface area contributed by atoms with Crippen molar-refractivity contribution in [1.82, 2.24) is 9.94 Å². The molecular weight excluding hydrogens is 234 g/mol. The van der Waals surface area contributed by atoms with Gasteiger partial charge in [-0.15, -0.1) is 4.85 Å². The second-order valence-electron chi connectivity index (χ2n) is 3.62. The van der Waals surface area contributed by atoms with Crippen molar-refractivity contribution in [2.45, 2.75) is 13.5 Å². The summed E-state index contributed by atoms with van der Waals surface area (Å²) >= 11 is 0. The average Bonchev–Trinajstić information content (AvgIpc) is 2.75. The van der Waals surface area contributed by atoms with Crippen LogP contribution in [0.25, 0.3) is 0 Å². The van der Waals surface area contributed by atoms with Crippen LogP contribution in [-0.2, 0) is 6.61 Å². The highest BCUT2D eigenvalue weighted by Gasteiger charge is 2.09. The van der Waals surface area contributed by atoms with E-state index < -0.39 is 0 Å². The van der Waals surface area contributed by atoms with Gasteiger partial charge in [0.05, 0.1) is 18.4 Å². The van der Waals surface area contributed by atoms with E-state index in [1.807, 2.05) is 19.1 Å². The molecule has 0 fully saturated rings. The minimum atomic E-state index is 0.235. The van der Waals surface area contributed by atoms with Crippen molar-refractivity contribution in [3.05, 3.63) is 36.0 Å². The van der Waals surface area contributed by atoms with Gasteiger partial charge in [0.15, 0.2) is 0 Å². The first kappa shape index (κ1) is 12.1. The molecule has 0 aliphatic rings. The molecule has 96 valence electrons. The van der Waals surface area contributed by atoms with Gasteiger partial charge < -0.3 is 20.4 Å². The van der Waals surface area contributed by atoms with E-state index in [-0.39, 0.29) is 6.61 Å². The summed E-state index contributed by atoms with van der Waals surface area (Å²) in [7, 11) is 0. The van der Waals surface area contributed by atoms with Crippen LogP contribution in [0.15, 0.2) is 30.5 Å². The van der Waals surface area contributed by atoms with E-state index >= 15 is 0 Å². The van der Waals surface area contributed by atoms with Crippen molar-refractivity contribution in [1.29, 1.82) is 0 Å². The molecular formula is C12H15N3O3. The van der Waals surface area contributed by atoms with Gasteiger partial charge in [0.25, 0.3) is 0 Å². The maximum Gasteiger partial charge on any atom is 0.236 e. The van der Waals surface area contributed by atoms with Crippen LogP contribution in [0, 0.1) is 0 Å². The molecule has 0 saturated carbocycles. The molecule has 0 amide bonds. The minimum Gasteiger partial charge on any atom is -0.493 e. The van der Waals surface area contributed by atoms with Crippen LogP contribution in [0.1, 0.15) is 12.5 Å². The van der Waals surface area contributed by atoms with Crippen molar-refractivity contribution in [3.8, 4) is 11.6 Å². The van der Waals surface area contributed by atoms with Crippen molar-refractivity contribution in [2.24, 2.45) is 0 Å². The van der Waals surface area contributed by atoms with Gasteiger partial charge in [0, 0.05) is 11.8 Å². The summed E-state index contributed by atoms with van der Waals surface area (Å²) in [6.45, 7) is 2.70. The van der Waals surface area contributed by atoms with E-state index in [9.17, 15) is 0 Å². The first-order valence-electron chi connectivity index (χ1n) is 5.58. The van der Waals surface area contributed by atoms with Crippen LogP contribution in [0.3, 0.4) is 0 Å². The Balaban J connectivity index is 2.12. The second-order valence-corrected chi connectivity index (χ2v) is 3.62. The molecule has 2 aromatic rings. The predicted molar refractivity (Wildman–Crippen MR) is 65.8 cm³/mol. The van der Waals surface area contributed by atoms with Gasteiger partial charge >= 0.3 is 0 Å². The smallest absolute Gasteiger partial charge is 0.236 e. The Morgan fingerprint density at radius 2 is 2.17 bits per heavy atom. The summed E-state index contributed by atoms with van der Waals surface area (Å²) in [5.41, 5.74) is 7.26. The molecule has 0 atom stereocenters. The van der Waals surface area contributed by atoms with Crippen molar-refractivity contribution < 1.29 is 14.7 Å². The zero-order valence-corrected chi connectivity index (χ0v) is 10.0. The highest BCUT2D eigenvalue weighted by molar-refractivity contribution is 5.54. The van der Waals surface area contributed by atoms with Crippen molar-refractivity contribution in [2.75, 3.05) is 12.3 Å². The molecule has 0 aliphatic heterocycles. The number of hydrogen-bond acceptors (Lipinski definition) is 5. The number of aromatic nitrogens is 2. The fraction of sp³-hybridized carbons (Fsp3) is 0.250. The zero-order chi connectivity index (χ0) is 13.0. The molecule has 0 unspecified atom stereocenters. The Hall–Kier alpha value is -2.37. The van der Waals surface area contributed by atoms with Gasteiger partial charge in [-0.25, -0.2) is 0 Å². The molecule has 0 bridgehead atoms. The van der Waals surface area contributed by atoms with Crippen LogP contribution < -0.4 is 15.2 Å². The molecule has 1 aromatic heterocycles. The number of ether oxygens (including phenoxy) is 2. The Labute approximate surface area is 105 Å². The number of nitrogens with two attached hydrogens (primary N) is 1. The molecule has 1 aromatic carbocycles. The van der Waals surface area contributed by atoms with Crippen LogP contribution in [0.2, 0.25) is 0 Å². The van der Waals surface area contributed by atoms with E-state index in [2.05, 4.69) is 5.10 Å². The van der Waals surface area contributed by atoms with E-state index in [1.54, 1.807) is 12.1 Å². The lowest BCUT2D eigenvalue weighted by Gasteiger charge is -2.12. The van der Waals surface area contributed by atoms with Crippen LogP contribution >= 0.6 is 0 Å². The third-order valence-corrected chi connectivity index (χ3v) is 2.38. The summed E-state index contributed by atoms with van der Waals surface area (Å²) in [4.78, 5) is 0.688. The lowest BCUT2D eigenvalue weighted by atomic mass is 10.1. The molecule has 1 heterocycles. The number of nitrogen functional groups attached to an aromatic ring is 1. The second kappa shape index (κ2) is 5.31. The Kier molecular flexibility index (Phi) is 3.57. The fourth-order valence-electron chi connectivity index (χ4n) is 1.55. The Bertz CT molecular complexity index is 525. The van der Waals surface area contributed by atoms with Crippen molar-refractivity contribution in [3.63, 3.8) is 0 Å².